The Hall–Kier alpha value is -5.70. The van der Waals surface area contributed by atoms with Crippen molar-refractivity contribution < 1.29 is 9.53 Å². The smallest absolute Gasteiger partial charge is 0.341 e. The molecule has 0 unspecified atom stereocenters. The fraction of sp³-hybridized carbons (Fsp3) is 0.0952. The number of thiophene rings is 1. The molecule has 5 aromatic carbocycles. The van der Waals surface area contributed by atoms with Gasteiger partial charge < -0.3 is 9.64 Å². The first-order valence-electron chi connectivity index (χ1n) is 15.6. The Morgan fingerprint density at radius 2 is 1.32 bits per heavy atom. The second kappa shape index (κ2) is 11.0. The Morgan fingerprint density at radius 1 is 0.745 bits per heavy atom. The van der Waals surface area contributed by atoms with Gasteiger partial charge in [0.05, 0.1) is 23.4 Å². The predicted molar refractivity (Wildman–Crippen MR) is 191 cm³/mol. The second-order valence-corrected chi connectivity index (χ2v) is 13.2. The number of nitrogens with zero attached hydrogens (tertiary/aromatic N) is 2. The molecule has 0 amide bonds. The number of carbonyl (C=O) groups is 1. The predicted octanol–water partition coefficient (Wildman–Crippen LogP) is 10.7. The van der Waals surface area contributed by atoms with E-state index in [4.69, 9.17) is 11.3 Å². The van der Waals surface area contributed by atoms with Gasteiger partial charge in [-0.05, 0) is 90.1 Å². The van der Waals surface area contributed by atoms with Crippen molar-refractivity contribution in [2.24, 2.45) is 0 Å². The number of ether oxygens (including phenoxy) is 1. The maximum absolute atomic E-state index is 13.2. The van der Waals surface area contributed by atoms with Crippen molar-refractivity contribution in [2.75, 3.05) is 4.90 Å². The number of hydrogen-bond acceptors (Lipinski definition) is 4. The first-order valence-corrected chi connectivity index (χ1v) is 16.4. The summed E-state index contributed by atoms with van der Waals surface area (Å²) < 4.78 is 5.58. The van der Waals surface area contributed by atoms with Gasteiger partial charge in [-0.2, -0.15) is 0 Å². The molecule has 0 radical (unpaired) electrons. The van der Waals surface area contributed by atoms with E-state index in [1.54, 1.807) is 41.7 Å². The first kappa shape index (κ1) is 28.8. The van der Waals surface area contributed by atoms with Gasteiger partial charge in [-0.25, -0.2) is 4.85 Å². The molecular formula is C42H30N2O2S. The number of carbonyl (C=O) groups excluding carboxylic acids is 1. The fourth-order valence-electron chi connectivity index (χ4n) is 7.63. The lowest BCUT2D eigenvalue weighted by Crippen LogP contribution is -2.35. The van der Waals surface area contributed by atoms with Crippen LogP contribution in [0.1, 0.15) is 43.8 Å². The van der Waals surface area contributed by atoms with Gasteiger partial charge in [0, 0.05) is 10.4 Å². The molecule has 0 fully saturated rings. The molecule has 1 aromatic heterocycles. The molecule has 2 heterocycles. The van der Waals surface area contributed by atoms with Crippen LogP contribution in [0.2, 0.25) is 0 Å². The summed E-state index contributed by atoms with van der Waals surface area (Å²) >= 11 is 1.60. The Kier molecular flexibility index (Phi) is 6.72. The topological polar surface area (TPSA) is 33.9 Å². The van der Waals surface area contributed by atoms with Crippen molar-refractivity contribution >= 4 is 39.8 Å². The molecular weight excluding hydrogens is 597 g/mol. The molecule has 4 nitrogen and oxygen atoms in total. The van der Waals surface area contributed by atoms with Crippen molar-refractivity contribution in [1.29, 1.82) is 0 Å². The summed E-state index contributed by atoms with van der Waals surface area (Å²) in [4.78, 5) is 20.1. The molecule has 1 spiro atoms. The van der Waals surface area contributed by atoms with Crippen LogP contribution in [-0.2, 0) is 10.2 Å². The normalized spacial score (nSPS) is 13.7. The molecule has 0 saturated carbocycles. The third kappa shape index (κ3) is 4.30. The highest BCUT2D eigenvalue weighted by atomic mass is 32.1. The minimum atomic E-state index is -0.672. The number of para-hydroxylation sites is 2. The average molecular weight is 627 g/mol. The number of benzene rings is 5. The van der Waals surface area contributed by atoms with E-state index >= 15 is 0 Å². The van der Waals surface area contributed by atoms with Gasteiger partial charge in [0.2, 0.25) is 0 Å². The van der Waals surface area contributed by atoms with Crippen molar-refractivity contribution in [2.45, 2.75) is 26.2 Å². The van der Waals surface area contributed by atoms with E-state index in [1.165, 1.54) is 44.5 Å². The summed E-state index contributed by atoms with van der Waals surface area (Å²) in [5.74, 6) is -0.267. The maximum Gasteiger partial charge on any atom is 0.341 e. The van der Waals surface area contributed by atoms with E-state index in [1.807, 2.05) is 6.07 Å². The zero-order chi connectivity index (χ0) is 32.3. The summed E-state index contributed by atoms with van der Waals surface area (Å²) in [6.45, 7) is 14.4. The highest BCUT2D eigenvalue weighted by molar-refractivity contribution is 7.17. The van der Waals surface area contributed by atoms with Crippen molar-refractivity contribution in [3.63, 3.8) is 0 Å². The first-order chi connectivity index (χ1) is 22.9. The maximum atomic E-state index is 13.2. The molecule has 5 heteroatoms. The third-order valence-corrected chi connectivity index (χ3v) is 10.3. The molecule has 0 saturated heterocycles. The van der Waals surface area contributed by atoms with Crippen LogP contribution in [0.15, 0.2) is 127 Å². The summed E-state index contributed by atoms with van der Waals surface area (Å²) in [6, 6.07) is 41.7. The van der Waals surface area contributed by atoms with Gasteiger partial charge in [0.1, 0.15) is 10.8 Å². The van der Waals surface area contributed by atoms with E-state index in [2.05, 4.69) is 122 Å². The molecule has 47 heavy (non-hydrogen) atoms. The van der Waals surface area contributed by atoms with E-state index in [9.17, 15) is 4.79 Å². The third-order valence-electron chi connectivity index (χ3n) is 9.26. The molecule has 0 atom stereocenters. The monoisotopic (exact) mass is 626 g/mol. The van der Waals surface area contributed by atoms with E-state index < -0.39 is 11.4 Å². The zero-order valence-electron chi connectivity index (χ0n) is 26.2. The second-order valence-electron chi connectivity index (χ2n) is 12.2. The number of rotatable bonds is 4. The van der Waals surface area contributed by atoms with Gasteiger partial charge in [0.15, 0.2) is 0 Å². The lowest BCUT2D eigenvalue weighted by Gasteiger charge is -2.44. The van der Waals surface area contributed by atoms with Crippen LogP contribution in [0.3, 0.4) is 0 Å². The Balaban J connectivity index is 1.42. The lowest BCUT2D eigenvalue weighted by atomic mass is 9.66. The number of hydrogen-bond donors (Lipinski definition) is 0. The summed E-state index contributed by atoms with van der Waals surface area (Å²) in [7, 11) is 0. The molecule has 0 bridgehead atoms. The molecule has 8 rings (SSSR count). The number of fused-ring (bicyclic) bond motifs is 9. The molecule has 226 valence electrons. The minimum Gasteiger partial charge on any atom is -0.431 e. The van der Waals surface area contributed by atoms with Gasteiger partial charge >= 0.3 is 5.97 Å². The van der Waals surface area contributed by atoms with Gasteiger partial charge in [-0.3, -0.25) is 4.79 Å². The fourth-order valence-corrected chi connectivity index (χ4v) is 8.80. The van der Waals surface area contributed by atoms with Crippen LogP contribution in [0.25, 0.3) is 22.0 Å². The molecule has 1 aliphatic carbocycles. The van der Waals surface area contributed by atoms with Gasteiger partial charge in [-0.1, -0.05) is 103 Å². The zero-order valence-corrected chi connectivity index (χ0v) is 27.1. The van der Waals surface area contributed by atoms with Crippen molar-refractivity contribution in [3.05, 3.63) is 182 Å². The van der Waals surface area contributed by atoms with Crippen LogP contribution in [0, 0.1) is 27.3 Å². The van der Waals surface area contributed by atoms with Crippen molar-refractivity contribution in [3.8, 4) is 16.9 Å². The number of aryl methyl sites for hydroxylation is 3. The summed E-state index contributed by atoms with van der Waals surface area (Å²) in [5.41, 5.74) is 12.4. The molecule has 2 aliphatic rings. The Bertz CT molecular complexity index is 2240. The minimum absolute atomic E-state index is 0.0690. The highest BCUT2D eigenvalue weighted by Gasteiger charge is 2.52. The van der Waals surface area contributed by atoms with E-state index in [0.29, 0.717) is 5.75 Å². The molecule has 1 aliphatic heterocycles. The van der Waals surface area contributed by atoms with Crippen molar-refractivity contribution in [1.82, 2.24) is 0 Å². The van der Waals surface area contributed by atoms with Crippen LogP contribution in [0.4, 0.5) is 16.4 Å². The van der Waals surface area contributed by atoms with Crippen LogP contribution in [-0.4, -0.2) is 5.97 Å². The Labute approximate surface area is 278 Å². The molecule has 0 N–H and O–H groups in total. The number of anilines is 3. The highest BCUT2D eigenvalue weighted by Crippen LogP contribution is 2.65. The van der Waals surface area contributed by atoms with Crippen LogP contribution in [0.5, 0.6) is 5.75 Å². The Morgan fingerprint density at radius 3 is 1.96 bits per heavy atom. The average Bonchev–Trinajstić information content (AvgIpc) is 3.63. The molecule has 6 aromatic rings. The standard InChI is InChI=1S/C42H30N2O2S/c1-26-22-27(2)39(28(3)23-26)44-38-21-13-12-20-35(38)42(33-18-10-8-16-31(33)32-17-9-11-19-34(32)42)36-24-30(47-40(36)44)25-37(43-4)41(45)46-29-14-6-5-7-15-29/h5-25H,1-3H3/b37-25-. The summed E-state index contributed by atoms with van der Waals surface area (Å²) in [5, 5.41) is 1.07. The van der Waals surface area contributed by atoms with Crippen LogP contribution < -0.4 is 9.64 Å². The summed E-state index contributed by atoms with van der Waals surface area (Å²) in [6.07, 6.45) is 1.68. The quantitative estimate of drug-likeness (QED) is 0.0844. The number of esters is 1. The van der Waals surface area contributed by atoms with Gasteiger partial charge in [0.25, 0.3) is 5.70 Å². The van der Waals surface area contributed by atoms with Crippen LogP contribution >= 0.6 is 11.3 Å². The van der Waals surface area contributed by atoms with E-state index in [0.717, 1.165) is 26.8 Å². The SMILES string of the molecule is [C-]#[N+]/C(=C\c1cc2c(s1)N(c1c(C)cc(C)cc1C)c1ccccc1C21c2ccccc2-c2ccccc21)C(=O)Oc1ccccc1. The largest absolute Gasteiger partial charge is 0.431 e. The lowest BCUT2D eigenvalue weighted by molar-refractivity contribution is -0.129. The van der Waals surface area contributed by atoms with E-state index in [-0.39, 0.29) is 5.70 Å². The van der Waals surface area contributed by atoms with Gasteiger partial charge in [-0.15, -0.1) is 11.3 Å².